The summed E-state index contributed by atoms with van der Waals surface area (Å²) in [5.41, 5.74) is 5.50. The Morgan fingerprint density at radius 3 is 2.38 bits per heavy atom. The number of hydrogen-bond donors (Lipinski definition) is 1. The van der Waals surface area contributed by atoms with Crippen LogP contribution in [0.2, 0.25) is 0 Å². The maximum atomic E-state index is 12.2. The van der Waals surface area contributed by atoms with E-state index in [0.717, 1.165) is 36.1 Å². The van der Waals surface area contributed by atoms with E-state index in [9.17, 15) is 4.79 Å². The van der Waals surface area contributed by atoms with E-state index in [1.165, 1.54) is 11.1 Å². The van der Waals surface area contributed by atoms with Gasteiger partial charge in [0.25, 0.3) is 0 Å². The van der Waals surface area contributed by atoms with Crippen LogP contribution in [0.4, 0.5) is 4.79 Å². The molecule has 0 aliphatic carbocycles. The lowest BCUT2D eigenvalue weighted by molar-refractivity contribution is -0.157. The molecule has 6 heteroatoms. The maximum Gasteiger partial charge on any atom is 0.426 e. The third-order valence-electron chi connectivity index (χ3n) is 6.33. The summed E-state index contributed by atoms with van der Waals surface area (Å²) in [4.78, 5) is 23.6. The van der Waals surface area contributed by atoms with Gasteiger partial charge in [-0.1, -0.05) is 80.0 Å². The number of carbonyl (C=O) groups is 1. The van der Waals surface area contributed by atoms with Crippen LogP contribution in [0.5, 0.6) is 0 Å². The molecule has 2 aliphatic rings. The van der Waals surface area contributed by atoms with Gasteiger partial charge in [-0.05, 0) is 29.0 Å². The highest BCUT2D eigenvalue weighted by molar-refractivity contribution is 6.01. The van der Waals surface area contributed by atoms with Gasteiger partial charge in [-0.3, -0.25) is 0 Å². The van der Waals surface area contributed by atoms with Crippen molar-refractivity contribution in [1.82, 2.24) is 10.4 Å². The van der Waals surface area contributed by atoms with Gasteiger partial charge in [-0.25, -0.2) is 4.79 Å². The third-order valence-corrected chi connectivity index (χ3v) is 6.33. The van der Waals surface area contributed by atoms with Crippen molar-refractivity contribution in [2.75, 3.05) is 13.1 Å². The van der Waals surface area contributed by atoms with Crippen molar-refractivity contribution < 1.29 is 14.5 Å². The topological polar surface area (TPSA) is 63.2 Å². The first-order valence-electron chi connectivity index (χ1n) is 11.3. The van der Waals surface area contributed by atoms with Crippen LogP contribution in [-0.4, -0.2) is 35.6 Å². The SMILES string of the molecule is Cc1ccc(CNC(=O)ON2CCC3(CC2)CC(c2ccc(C(C)(C)C)cc2)=NO3)cc1. The molecule has 1 saturated heterocycles. The molecule has 4 rings (SSSR count). The Bertz CT molecular complexity index is 967. The molecular weight excluding hydrogens is 402 g/mol. The second-order valence-electron chi connectivity index (χ2n) is 9.96. The maximum absolute atomic E-state index is 12.2. The van der Waals surface area contributed by atoms with Gasteiger partial charge >= 0.3 is 6.09 Å². The molecule has 0 radical (unpaired) electrons. The monoisotopic (exact) mass is 435 g/mol. The average Bonchev–Trinajstić information content (AvgIpc) is 3.18. The van der Waals surface area contributed by atoms with Gasteiger partial charge in [0.05, 0.1) is 5.71 Å². The summed E-state index contributed by atoms with van der Waals surface area (Å²) in [5.74, 6) is 0. The standard InChI is InChI=1S/C26H33N3O3/c1-19-5-7-20(8-6-19)18-27-24(30)31-29-15-13-26(14-16-29)17-23(28-32-26)21-9-11-22(12-10-21)25(2,3)4/h5-12H,13-18H2,1-4H3,(H,27,30). The first kappa shape index (κ1) is 22.3. The third kappa shape index (κ3) is 5.30. The van der Waals surface area contributed by atoms with E-state index < -0.39 is 6.09 Å². The van der Waals surface area contributed by atoms with Crippen LogP contribution in [0.25, 0.3) is 0 Å². The van der Waals surface area contributed by atoms with Crippen molar-refractivity contribution in [3.8, 4) is 0 Å². The zero-order valence-corrected chi connectivity index (χ0v) is 19.5. The average molecular weight is 436 g/mol. The summed E-state index contributed by atoms with van der Waals surface area (Å²) in [5, 5.41) is 8.94. The predicted octanol–water partition coefficient (Wildman–Crippen LogP) is 5.09. The first-order valence-corrected chi connectivity index (χ1v) is 11.3. The molecule has 2 aromatic carbocycles. The van der Waals surface area contributed by atoms with Crippen molar-refractivity contribution >= 4 is 11.8 Å². The number of nitrogens with zero attached hydrogens (tertiary/aromatic N) is 2. The predicted molar refractivity (Wildman–Crippen MR) is 125 cm³/mol. The number of amides is 1. The van der Waals surface area contributed by atoms with E-state index in [4.69, 9.17) is 9.68 Å². The molecule has 32 heavy (non-hydrogen) atoms. The molecule has 6 nitrogen and oxygen atoms in total. The molecule has 2 aromatic rings. The fraction of sp³-hybridized carbons (Fsp3) is 0.462. The number of aryl methyl sites for hydroxylation is 1. The number of piperidine rings is 1. The second-order valence-corrected chi connectivity index (χ2v) is 9.96. The molecule has 1 spiro atoms. The van der Waals surface area contributed by atoms with E-state index in [1.54, 1.807) is 5.06 Å². The van der Waals surface area contributed by atoms with Gasteiger partial charge in [0, 0.05) is 38.9 Å². The molecule has 2 heterocycles. The van der Waals surface area contributed by atoms with Crippen LogP contribution in [0.3, 0.4) is 0 Å². The van der Waals surface area contributed by atoms with Gasteiger partial charge in [0.15, 0.2) is 0 Å². The Labute approximate surface area is 190 Å². The van der Waals surface area contributed by atoms with Gasteiger partial charge in [0.1, 0.15) is 5.60 Å². The van der Waals surface area contributed by atoms with Gasteiger partial charge < -0.3 is 15.0 Å². The van der Waals surface area contributed by atoms with E-state index in [0.29, 0.717) is 19.6 Å². The van der Waals surface area contributed by atoms with E-state index in [-0.39, 0.29) is 11.0 Å². The Hall–Kier alpha value is -2.86. The smallest absolute Gasteiger partial charge is 0.388 e. The minimum atomic E-state index is -0.426. The molecule has 170 valence electrons. The number of carbonyl (C=O) groups excluding carboxylic acids is 1. The minimum absolute atomic E-state index is 0.132. The zero-order valence-electron chi connectivity index (χ0n) is 19.5. The molecule has 0 saturated carbocycles. The van der Waals surface area contributed by atoms with Crippen molar-refractivity contribution in [3.63, 3.8) is 0 Å². The van der Waals surface area contributed by atoms with Crippen LogP contribution in [-0.2, 0) is 21.6 Å². The van der Waals surface area contributed by atoms with Gasteiger partial charge in [0.2, 0.25) is 0 Å². The van der Waals surface area contributed by atoms with E-state index >= 15 is 0 Å². The lowest BCUT2D eigenvalue weighted by Gasteiger charge is -2.35. The molecule has 0 atom stereocenters. The quantitative estimate of drug-likeness (QED) is 0.726. The summed E-state index contributed by atoms with van der Waals surface area (Å²) in [6.07, 6.45) is 1.90. The summed E-state index contributed by atoms with van der Waals surface area (Å²) in [6, 6.07) is 16.7. The highest BCUT2D eigenvalue weighted by Crippen LogP contribution is 2.36. The minimum Gasteiger partial charge on any atom is -0.388 e. The molecule has 0 bridgehead atoms. The van der Waals surface area contributed by atoms with E-state index in [2.05, 4.69) is 55.5 Å². The van der Waals surface area contributed by atoms with Crippen molar-refractivity contribution in [1.29, 1.82) is 0 Å². The molecule has 1 amide bonds. The van der Waals surface area contributed by atoms with Crippen molar-refractivity contribution in [2.24, 2.45) is 5.16 Å². The molecule has 1 N–H and O–H groups in total. The number of oxime groups is 1. The largest absolute Gasteiger partial charge is 0.426 e. The lowest BCUT2D eigenvalue weighted by Crippen LogP contribution is -2.46. The van der Waals surface area contributed by atoms with E-state index in [1.807, 2.05) is 31.2 Å². The molecule has 1 fully saturated rings. The van der Waals surface area contributed by atoms with Crippen LogP contribution >= 0.6 is 0 Å². The molecule has 0 aromatic heterocycles. The van der Waals surface area contributed by atoms with Gasteiger partial charge in [-0.15, -0.1) is 5.06 Å². The van der Waals surface area contributed by atoms with Crippen molar-refractivity contribution in [2.45, 2.75) is 64.5 Å². The normalized spacial score (nSPS) is 18.2. The Morgan fingerprint density at radius 2 is 1.75 bits per heavy atom. The number of hydrogen-bond acceptors (Lipinski definition) is 5. The first-order chi connectivity index (χ1) is 15.2. The highest BCUT2D eigenvalue weighted by atomic mass is 16.7. The van der Waals surface area contributed by atoms with Gasteiger partial charge in [-0.2, -0.15) is 0 Å². The van der Waals surface area contributed by atoms with Crippen LogP contribution in [0.15, 0.2) is 53.7 Å². The summed E-state index contributed by atoms with van der Waals surface area (Å²) in [7, 11) is 0. The van der Waals surface area contributed by atoms with Crippen molar-refractivity contribution in [3.05, 3.63) is 70.8 Å². The highest BCUT2D eigenvalue weighted by Gasteiger charge is 2.43. The summed E-state index contributed by atoms with van der Waals surface area (Å²) >= 11 is 0. The van der Waals surface area contributed by atoms with Crippen LogP contribution < -0.4 is 5.32 Å². The summed E-state index contributed by atoms with van der Waals surface area (Å²) < 4.78 is 0. The summed E-state index contributed by atoms with van der Waals surface area (Å²) in [6.45, 7) is 10.4. The number of benzene rings is 2. The zero-order chi connectivity index (χ0) is 22.8. The van der Waals surface area contributed by atoms with Crippen LogP contribution in [0, 0.1) is 6.92 Å². The fourth-order valence-corrected chi connectivity index (χ4v) is 4.12. The fourth-order valence-electron chi connectivity index (χ4n) is 4.12. The Balaban J connectivity index is 1.24. The molecular formula is C26H33N3O3. The number of rotatable bonds is 4. The molecule has 0 unspecified atom stereocenters. The Kier molecular flexibility index (Phi) is 6.24. The number of nitrogens with one attached hydrogen (secondary N) is 1. The molecule has 2 aliphatic heterocycles. The van der Waals surface area contributed by atoms with Crippen LogP contribution in [0.1, 0.15) is 62.3 Å². The second kappa shape index (κ2) is 8.94. The number of hydroxylamine groups is 2. The Morgan fingerprint density at radius 1 is 1.09 bits per heavy atom. The lowest BCUT2D eigenvalue weighted by atomic mass is 9.84.